The highest BCUT2D eigenvalue weighted by molar-refractivity contribution is 14.1. The second-order valence-corrected chi connectivity index (χ2v) is 5.70. The van der Waals surface area contributed by atoms with Crippen LogP contribution in [0, 0.1) is 0 Å². The first-order valence-corrected chi connectivity index (χ1v) is 7.83. The van der Waals surface area contributed by atoms with Crippen LogP contribution in [0.2, 0.25) is 0 Å². The van der Waals surface area contributed by atoms with E-state index in [4.69, 9.17) is 4.74 Å². The van der Waals surface area contributed by atoms with Crippen LogP contribution in [0.5, 0.6) is 0 Å². The standard InChI is InChI=1S/C11H16BrIO2/c1-9-8-10(14)15-11(9,4-2-6-12)5-3-7-13/h8H,2-7H2,1H3. The van der Waals surface area contributed by atoms with Gasteiger partial charge in [0.05, 0.1) is 0 Å². The maximum absolute atomic E-state index is 11.3. The maximum Gasteiger partial charge on any atom is 0.331 e. The monoisotopic (exact) mass is 386 g/mol. The van der Waals surface area contributed by atoms with Gasteiger partial charge in [0.25, 0.3) is 0 Å². The molecule has 4 heteroatoms. The zero-order valence-corrected chi connectivity index (χ0v) is 12.6. The molecular weight excluding hydrogens is 371 g/mol. The van der Waals surface area contributed by atoms with Gasteiger partial charge in [0.1, 0.15) is 5.60 Å². The molecule has 0 aromatic carbocycles. The van der Waals surface area contributed by atoms with E-state index < -0.39 is 0 Å². The minimum absolute atomic E-state index is 0.171. The fourth-order valence-corrected chi connectivity index (χ4v) is 2.60. The second-order valence-electron chi connectivity index (χ2n) is 3.83. The van der Waals surface area contributed by atoms with Gasteiger partial charge in [-0.05, 0) is 42.6 Å². The van der Waals surface area contributed by atoms with Crippen molar-refractivity contribution in [2.24, 2.45) is 0 Å². The summed E-state index contributed by atoms with van der Waals surface area (Å²) in [4.78, 5) is 11.3. The normalized spacial score (nSPS) is 25.3. The molecule has 1 aliphatic rings. The van der Waals surface area contributed by atoms with Crippen LogP contribution < -0.4 is 0 Å². The topological polar surface area (TPSA) is 26.3 Å². The van der Waals surface area contributed by atoms with Crippen LogP contribution in [-0.4, -0.2) is 21.3 Å². The Morgan fingerprint density at radius 3 is 2.60 bits per heavy atom. The molecular formula is C11H16BrIO2. The average Bonchev–Trinajstić information content (AvgIpc) is 2.48. The lowest BCUT2D eigenvalue weighted by molar-refractivity contribution is -0.147. The second kappa shape index (κ2) is 6.23. The number of ether oxygens (including phenoxy) is 1. The lowest BCUT2D eigenvalue weighted by atomic mass is 9.87. The molecule has 1 unspecified atom stereocenters. The molecule has 0 aromatic rings. The fourth-order valence-electron chi connectivity index (χ4n) is 1.94. The molecule has 0 amide bonds. The Bertz CT molecular complexity index is 255. The van der Waals surface area contributed by atoms with Crippen LogP contribution in [-0.2, 0) is 9.53 Å². The Morgan fingerprint density at radius 1 is 1.47 bits per heavy atom. The molecule has 0 N–H and O–H groups in total. The molecule has 0 aromatic heterocycles. The molecule has 0 saturated heterocycles. The molecule has 0 bridgehead atoms. The number of hydrogen-bond acceptors (Lipinski definition) is 2. The number of carbonyl (C=O) groups is 1. The molecule has 1 rings (SSSR count). The molecule has 2 nitrogen and oxygen atoms in total. The van der Waals surface area contributed by atoms with E-state index >= 15 is 0 Å². The molecule has 0 spiro atoms. The van der Waals surface area contributed by atoms with Gasteiger partial charge in [-0.2, -0.15) is 0 Å². The summed E-state index contributed by atoms with van der Waals surface area (Å²) in [6.45, 7) is 2.01. The summed E-state index contributed by atoms with van der Waals surface area (Å²) in [5.74, 6) is -0.171. The van der Waals surface area contributed by atoms with E-state index in [1.807, 2.05) is 6.92 Å². The van der Waals surface area contributed by atoms with Crippen molar-refractivity contribution in [3.05, 3.63) is 11.6 Å². The zero-order valence-electron chi connectivity index (χ0n) is 8.89. The van der Waals surface area contributed by atoms with Gasteiger partial charge in [-0.15, -0.1) is 0 Å². The summed E-state index contributed by atoms with van der Waals surface area (Å²) in [6, 6.07) is 0. The molecule has 1 heterocycles. The Labute approximate surface area is 113 Å². The van der Waals surface area contributed by atoms with Gasteiger partial charge in [0, 0.05) is 11.4 Å². The van der Waals surface area contributed by atoms with Crippen molar-refractivity contribution in [1.82, 2.24) is 0 Å². The van der Waals surface area contributed by atoms with Crippen molar-refractivity contribution in [1.29, 1.82) is 0 Å². The smallest absolute Gasteiger partial charge is 0.331 e. The lowest BCUT2D eigenvalue weighted by Crippen LogP contribution is -2.31. The van der Waals surface area contributed by atoms with Gasteiger partial charge in [-0.3, -0.25) is 0 Å². The van der Waals surface area contributed by atoms with E-state index in [-0.39, 0.29) is 11.6 Å². The van der Waals surface area contributed by atoms with Gasteiger partial charge in [0.15, 0.2) is 0 Å². The highest BCUT2D eigenvalue weighted by Crippen LogP contribution is 2.36. The maximum atomic E-state index is 11.3. The van der Waals surface area contributed by atoms with E-state index in [1.54, 1.807) is 6.08 Å². The van der Waals surface area contributed by atoms with E-state index in [9.17, 15) is 4.79 Å². The SMILES string of the molecule is CC1=CC(=O)OC1(CCCBr)CCCI. The van der Waals surface area contributed by atoms with Crippen molar-refractivity contribution in [3.63, 3.8) is 0 Å². The van der Waals surface area contributed by atoms with Crippen LogP contribution in [0.25, 0.3) is 0 Å². The van der Waals surface area contributed by atoms with Crippen molar-refractivity contribution < 1.29 is 9.53 Å². The average molecular weight is 387 g/mol. The predicted octanol–water partition coefficient (Wildman–Crippen LogP) is 3.62. The number of rotatable bonds is 6. The van der Waals surface area contributed by atoms with E-state index in [1.165, 1.54) is 0 Å². The Balaban J connectivity index is 2.69. The van der Waals surface area contributed by atoms with E-state index in [2.05, 4.69) is 38.5 Å². The van der Waals surface area contributed by atoms with E-state index in [0.29, 0.717) is 0 Å². The molecule has 0 saturated carbocycles. The number of esters is 1. The van der Waals surface area contributed by atoms with Crippen LogP contribution in [0.3, 0.4) is 0 Å². The number of cyclic esters (lactones) is 1. The molecule has 1 atom stereocenters. The summed E-state index contributed by atoms with van der Waals surface area (Å²) < 4.78 is 6.62. The Kier molecular flexibility index (Phi) is 5.60. The summed E-state index contributed by atoms with van der Waals surface area (Å²) >= 11 is 5.78. The minimum Gasteiger partial charge on any atom is -0.451 e. The Hall–Kier alpha value is 0.420. The highest BCUT2D eigenvalue weighted by atomic mass is 127. The van der Waals surface area contributed by atoms with Crippen LogP contribution in [0.4, 0.5) is 0 Å². The van der Waals surface area contributed by atoms with Crippen LogP contribution in [0.1, 0.15) is 32.6 Å². The third-order valence-electron chi connectivity index (χ3n) is 2.78. The third kappa shape index (κ3) is 3.44. The van der Waals surface area contributed by atoms with Crippen molar-refractivity contribution in [2.75, 3.05) is 9.76 Å². The summed E-state index contributed by atoms with van der Waals surface area (Å²) in [6.07, 6.45) is 5.67. The summed E-state index contributed by atoms with van der Waals surface area (Å²) in [7, 11) is 0. The van der Waals surface area contributed by atoms with Crippen molar-refractivity contribution >= 4 is 44.5 Å². The molecule has 15 heavy (non-hydrogen) atoms. The number of alkyl halides is 2. The highest BCUT2D eigenvalue weighted by Gasteiger charge is 2.39. The first-order valence-electron chi connectivity index (χ1n) is 5.18. The number of carbonyl (C=O) groups excluding carboxylic acids is 1. The third-order valence-corrected chi connectivity index (χ3v) is 4.10. The fraction of sp³-hybridized carbons (Fsp3) is 0.727. The largest absolute Gasteiger partial charge is 0.451 e. The van der Waals surface area contributed by atoms with Crippen molar-refractivity contribution in [2.45, 2.75) is 38.2 Å². The van der Waals surface area contributed by atoms with Crippen molar-refractivity contribution in [3.8, 4) is 0 Å². The minimum atomic E-state index is -0.296. The first-order chi connectivity index (χ1) is 7.14. The molecule has 0 radical (unpaired) electrons. The molecule has 0 fully saturated rings. The summed E-state index contributed by atoms with van der Waals surface area (Å²) in [5, 5.41) is 0.962. The summed E-state index contributed by atoms with van der Waals surface area (Å²) in [5.41, 5.74) is 0.800. The van der Waals surface area contributed by atoms with Crippen LogP contribution in [0.15, 0.2) is 11.6 Å². The van der Waals surface area contributed by atoms with Gasteiger partial charge in [-0.1, -0.05) is 38.5 Å². The van der Waals surface area contributed by atoms with Gasteiger partial charge in [-0.25, -0.2) is 4.79 Å². The van der Waals surface area contributed by atoms with Crippen LogP contribution >= 0.6 is 38.5 Å². The predicted molar refractivity (Wildman–Crippen MR) is 73.7 cm³/mol. The first kappa shape index (κ1) is 13.5. The Morgan fingerprint density at radius 2 is 2.13 bits per heavy atom. The molecule has 0 aliphatic carbocycles. The number of halogens is 2. The van der Waals surface area contributed by atoms with Gasteiger partial charge >= 0.3 is 5.97 Å². The lowest BCUT2D eigenvalue weighted by Gasteiger charge is -2.29. The molecule has 86 valence electrons. The van der Waals surface area contributed by atoms with Gasteiger partial charge < -0.3 is 4.74 Å². The quantitative estimate of drug-likeness (QED) is 0.396. The molecule has 1 aliphatic heterocycles. The zero-order chi connectivity index (χ0) is 11.3. The van der Waals surface area contributed by atoms with Gasteiger partial charge in [0.2, 0.25) is 0 Å². The number of hydrogen-bond donors (Lipinski definition) is 0. The van der Waals surface area contributed by atoms with E-state index in [0.717, 1.165) is 41.0 Å².